The first-order valence-corrected chi connectivity index (χ1v) is 8.09. The van der Waals surface area contributed by atoms with E-state index in [1.54, 1.807) is 17.5 Å². The van der Waals surface area contributed by atoms with Crippen LogP contribution in [0.4, 0.5) is 13.9 Å². The quantitative estimate of drug-likeness (QED) is 0.765. The molecule has 3 aromatic rings. The van der Waals surface area contributed by atoms with Crippen LogP contribution in [0.1, 0.15) is 10.4 Å². The number of nitrogens with zero attached hydrogens (tertiary/aromatic N) is 1. The van der Waals surface area contributed by atoms with Crippen LogP contribution in [0.25, 0.3) is 11.3 Å². The summed E-state index contributed by atoms with van der Waals surface area (Å²) in [4.78, 5) is 16.4. The van der Waals surface area contributed by atoms with Gasteiger partial charge in [0.05, 0.1) is 5.69 Å². The molecule has 4 rings (SSSR count). The van der Waals surface area contributed by atoms with E-state index in [-0.39, 0.29) is 12.4 Å². The lowest BCUT2D eigenvalue weighted by Crippen LogP contribution is -2.12. The van der Waals surface area contributed by atoms with E-state index >= 15 is 0 Å². The number of nitrogens with one attached hydrogen (secondary N) is 1. The highest BCUT2D eigenvalue weighted by Crippen LogP contribution is 2.36. The van der Waals surface area contributed by atoms with Crippen molar-refractivity contribution in [3.8, 4) is 22.8 Å². The first-order chi connectivity index (χ1) is 12.1. The first-order valence-electron chi connectivity index (χ1n) is 7.21. The van der Waals surface area contributed by atoms with Gasteiger partial charge in [0.1, 0.15) is 11.6 Å². The molecule has 1 amide bonds. The van der Waals surface area contributed by atoms with Gasteiger partial charge in [-0.1, -0.05) is 0 Å². The highest BCUT2D eigenvalue weighted by Gasteiger charge is 2.16. The fraction of sp³-hybridized carbons (Fsp3) is 0.0588. The van der Waals surface area contributed by atoms with Crippen LogP contribution in [0.5, 0.6) is 11.5 Å². The van der Waals surface area contributed by atoms with Crippen LogP contribution in [0.3, 0.4) is 0 Å². The van der Waals surface area contributed by atoms with Crippen molar-refractivity contribution >= 4 is 22.4 Å². The van der Waals surface area contributed by atoms with Crippen molar-refractivity contribution in [1.82, 2.24) is 4.98 Å². The molecule has 1 aliphatic rings. The third-order valence-electron chi connectivity index (χ3n) is 3.52. The molecule has 0 spiro atoms. The van der Waals surface area contributed by atoms with Gasteiger partial charge in [-0.25, -0.2) is 13.8 Å². The number of fused-ring (bicyclic) bond motifs is 1. The Morgan fingerprint density at radius 2 is 1.84 bits per heavy atom. The molecule has 0 aliphatic carbocycles. The Morgan fingerprint density at radius 1 is 1.08 bits per heavy atom. The normalized spacial score (nSPS) is 12.2. The van der Waals surface area contributed by atoms with Crippen LogP contribution in [0.15, 0.2) is 41.8 Å². The minimum atomic E-state index is -0.815. The maximum absolute atomic E-state index is 13.2. The first kappa shape index (κ1) is 15.5. The molecule has 5 nitrogen and oxygen atoms in total. The van der Waals surface area contributed by atoms with Gasteiger partial charge in [0.15, 0.2) is 16.6 Å². The summed E-state index contributed by atoms with van der Waals surface area (Å²) in [6, 6.07) is 8.04. The number of carbonyl (C=O) groups is 1. The molecular weight excluding hydrogens is 350 g/mol. The van der Waals surface area contributed by atoms with Gasteiger partial charge in [-0.05, 0) is 30.3 Å². The van der Waals surface area contributed by atoms with Crippen LogP contribution < -0.4 is 14.8 Å². The Bertz CT molecular complexity index is 954. The standard InChI is InChI=1S/C17H10F2N2O3S/c18-11-3-10(4-12(19)6-11)16(22)21-17-20-13(7-25-17)9-1-2-14-15(5-9)24-8-23-14/h1-7H,8H2,(H,20,21,22). The fourth-order valence-electron chi connectivity index (χ4n) is 2.37. The van der Waals surface area contributed by atoms with Gasteiger partial charge in [0.25, 0.3) is 5.91 Å². The Labute approximate surface area is 144 Å². The fourth-order valence-corrected chi connectivity index (χ4v) is 3.09. The molecule has 126 valence electrons. The summed E-state index contributed by atoms with van der Waals surface area (Å²) in [6.07, 6.45) is 0. The van der Waals surface area contributed by atoms with E-state index in [0.29, 0.717) is 28.4 Å². The number of anilines is 1. The van der Waals surface area contributed by atoms with Crippen molar-refractivity contribution in [3.63, 3.8) is 0 Å². The average Bonchev–Trinajstić information content (AvgIpc) is 3.22. The molecule has 0 bridgehead atoms. The van der Waals surface area contributed by atoms with Crippen LogP contribution in [0, 0.1) is 11.6 Å². The minimum absolute atomic E-state index is 0.114. The number of carbonyl (C=O) groups excluding carboxylic acids is 1. The summed E-state index contributed by atoms with van der Waals surface area (Å²) in [6.45, 7) is 0.182. The second-order valence-electron chi connectivity index (χ2n) is 5.22. The van der Waals surface area contributed by atoms with E-state index < -0.39 is 17.5 Å². The predicted octanol–water partition coefficient (Wildman–Crippen LogP) is 4.07. The molecule has 0 unspecified atom stereocenters. The smallest absolute Gasteiger partial charge is 0.257 e. The molecule has 1 N–H and O–H groups in total. The SMILES string of the molecule is O=C(Nc1nc(-c2ccc3c(c2)OCO3)cs1)c1cc(F)cc(F)c1. The zero-order valence-corrected chi connectivity index (χ0v) is 13.4. The lowest BCUT2D eigenvalue weighted by molar-refractivity contribution is 0.102. The third kappa shape index (κ3) is 3.16. The van der Waals surface area contributed by atoms with Crippen molar-refractivity contribution in [1.29, 1.82) is 0 Å². The summed E-state index contributed by atoms with van der Waals surface area (Å²) in [5.74, 6) is -0.965. The summed E-state index contributed by atoms with van der Waals surface area (Å²) >= 11 is 1.21. The molecule has 8 heteroatoms. The zero-order valence-electron chi connectivity index (χ0n) is 12.6. The molecule has 0 fully saturated rings. The molecule has 25 heavy (non-hydrogen) atoms. The number of ether oxygens (including phenoxy) is 2. The maximum Gasteiger partial charge on any atom is 0.257 e. The van der Waals surface area contributed by atoms with Crippen molar-refractivity contribution in [2.45, 2.75) is 0 Å². The van der Waals surface area contributed by atoms with Gasteiger partial charge in [-0.15, -0.1) is 11.3 Å². The van der Waals surface area contributed by atoms with E-state index in [1.807, 2.05) is 6.07 Å². The molecule has 0 saturated heterocycles. The van der Waals surface area contributed by atoms with Gasteiger partial charge in [-0.3, -0.25) is 10.1 Å². The largest absolute Gasteiger partial charge is 0.454 e. The van der Waals surface area contributed by atoms with Crippen LogP contribution in [-0.2, 0) is 0 Å². The molecule has 2 heterocycles. The Hall–Kier alpha value is -3.00. The number of amides is 1. The number of hydrogen-bond donors (Lipinski definition) is 1. The second-order valence-corrected chi connectivity index (χ2v) is 6.08. The maximum atomic E-state index is 13.2. The molecule has 0 radical (unpaired) electrons. The lowest BCUT2D eigenvalue weighted by atomic mass is 10.1. The monoisotopic (exact) mass is 360 g/mol. The van der Waals surface area contributed by atoms with Gasteiger partial charge < -0.3 is 9.47 Å². The van der Waals surface area contributed by atoms with Crippen LogP contribution in [0.2, 0.25) is 0 Å². The number of halogens is 2. The highest BCUT2D eigenvalue weighted by molar-refractivity contribution is 7.14. The Kier molecular flexibility index (Phi) is 3.81. The number of thiazole rings is 1. The molecule has 0 atom stereocenters. The van der Waals surface area contributed by atoms with E-state index in [9.17, 15) is 13.6 Å². The number of aromatic nitrogens is 1. The topological polar surface area (TPSA) is 60.5 Å². The zero-order chi connectivity index (χ0) is 17.4. The molecule has 1 aliphatic heterocycles. The number of benzene rings is 2. The summed E-state index contributed by atoms with van der Waals surface area (Å²) in [5.41, 5.74) is 1.33. The van der Waals surface area contributed by atoms with Crippen LogP contribution >= 0.6 is 11.3 Å². The van der Waals surface area contributed by atoms with Crippen molar-refractivity contribution in [2.75, 3.05) is 12.1 Å². The lowest BCUT2D eigenvalue weighted by Gasteiger charge is -2.02. The van der Waals surface area contributed by atoms with Crippen molar-refractivity contribution in [3.05, 3.63) is 59.0 Å². The number of hydrogen-bond acceptors (Lipinski definition) is 5. The van der Waals surface area contributed by atoms with Gasteiger partial charge in [0, 0.05) is 22.6 Å². The molecular formula is C17H10F2N2O3S. The number of rotatable bonds is 3. The van der Waals surface area contributed by atoms with Gasteiger partial charge >= 0.3 is 0 Å². The highest BCUT2D eigenvalue weighted by atomic mass is 32.1. The Balaban J connectivity index is 1.54. The predicted molar refractivity (Wildman–Crippen MR) is 88.0 cm³/mol. The summed E-state index contributed by atoms with van der Waals surface area (Å²) < 4.78 is 37.0. The van der Waals surface area contributed by atoms with Crippen molar-refractivity contribution < 1.29 is 23.0 Å². The van der Waals surface area contributed by atoms with Gasteiger partial charge in [0.2, 0.25) is 6.79 Å². The minimum Gasteiger partial charge on any atom is -0.454 e. The summed E-state index contributed by atoms with van der Waals surface area (Å²) in [5, 5.41) is 4.62. The van der Waals surface area contributed by atoms with Crippen LogP contribution in [-0.4, -0.2) is 17.7 Å². The van der Waals surface area contributed by atoms with E-state index in [2.05, 4.69) is 10.3 Å². The average molecular weight is 360 g/mol. The summed E-state index contributed by atoms with van der Waals surface area (Å²) in [7, 11) is 0. The van der Waals surface area contributed by atoms with Gasteiger partial charge in [-0.2, -0.15) is 0 Å². The van der Waals surface area contributed by atoms with E-state index in [0.717, 1.165) is 17.7 Å². The second kappa shape index (κ2) is 6.14. The molecule has 0 saturated carbocycles. The Morgan fingerprint density at radius 3 is 2.64 bits per heavy atom. The van der Waals surface area contributed by atoms with E-state index in [4.69, 9.17) is 9.47 Å². The van der Waals surface area contributed by atoms with E-state index in [1.165, 1.54) is 11.3 Å². The molecule has 2 aromatic carbocycles. The van der Waals surface area contributed by atoms with Crippen molar-refractivity contribution in [2.24, 2.45) is 0 Å². The third-order valence-corrected chi connectivity index (χ3v) is 4.28. The molecule has 1 aromatic heterocycles.